The van der Waals surface area contributed by atoms with E-state index in [0.29, 0.717) is 6.54 Å². The normalized spacial score (nSPS) is 11.4. The van der Waals surface area contributed by atoms with Crippen LogP contribution in [0.25, 0.3) is 10.9 Å². The van der Waals surface area contributed by atoms with Crippen LogP contribution in [0.5, 0.6) is 0 Å². The fourth-order valence-corrected chi connectivity index (χ4v) is 3.66. The average Bonchev–Trinajstić information content (AvgIpc) is 3.25. The van der Waals surface area contributed by atoms with Crippen LogP contribution in [-0.4, -0.2) is 29.5 Å². The Morgan fingerprint density at radius 2 is 2.15 bits per heavy atom. The SMILES string of the molecule is CCc1cnc(CNC(=NC)NCCc2c[nH]c3c(C)cccc23)s1.I. The molecule has 3 aromatic rings. The molecule has 3 rings (SSSR count). The van der Waals surface area contributed by atoms with Crippen molar-refractivity contribution in [3.05, 3.63) is 51.6 Å². The molecule has 26 heavy (non-hydrogen) atoms. The Bertz CT molecular complexity index is 868. The third-order valence-corrected chi connectivity index (χ3v) is 5.42. The van der Waals surface area contributed by atoms with Gasteiger partial charge in [-0.2, -0.15) is 0 Å². The zero-order chi connectivity index (χ0) is 17.6. The summed E-state index contributed by atoms with van der Waals surface area (Å²) >= 11 is 1.75. The molecule has 0 fully saturated rings. The van der Waals surface area contributed by atoms with Crippen molar-refractivity contribution in [2.75, 3.05) is 13.6 Å². The van der Waals surface area contributed by atoms with Gasteiger partial charge in [-0.1, -0.05) is 25.1 Å². The fraction of sp³-hybridized carbons (Fsp3) is 0.368. The molecule has 0 atom stereocenters. The summed E-state index contributed by atoms with van der Waals surface area (Å²) in [5, 5.41) is 9.10. The number of rotatable bonds is 6. The van der Waals surface area contributed by atoms with Gasteiger partial charge in [0.05, 0.1) is 6.54 Å². The summed E-state index contributed by atoms with van der Waals surface area (Å²) in [7, 11) is 1.80. The third kappa shape index (κ3) is 4.97. The molecule has 2 aromatic heterocycles. The Kier molecular flexibility index (Phi) is 7.89. The number of fused-ring (bicyclic) bond motifs is 1. The summed E-state index contributed by atoms with van der Waals surface area (Å²) < 4.78 is 0. The highest BCUT2D eigenvalue weighted by Gasteiger charge is 2.06. The van der Waals surface area contributed by atoms with Gasteiger partial charge in [-0.25, -0.2) is 4.98 Å². The molecule has 0 saturated heterocycles. The molecule has 0 aliphatic carbocycles. The first-order valence-corrected chi connectivity index (χ1v) is 9.46. The maximum absolute atomic E-state index is 4.43. The maximum atomic E-state index is 4.43. The molecular weight excluding hydrogens is 457 g/mol. The van der Waals surface area contributed by atoms with Crippen LogP contribution in [0.3, 0.4) is 0 Å². The molecule has 0 radical (unpaired) electrons. The van der Waals surface area contributed by atoms with Crippen LogP contribution >= 0.6 is 35.3 Å². The van der Waals surface area contributed by atoms with Crippen molar-refractivity contribution in [2.45, 2.75) is 33.2 Å². The smallest absolute Gasteiger partial charge is 0.191 e. The molecule has 0 aliphatic heterocycles. The summed E-state index contributed by atoms with van der Waals surface area (Å²) in [5.41, 5.74) is 3.84. The number of nitrogens with one attached hydrogen (secondary N) is 3. The molecule has 1 aromatic carbocycles. The molecule has 0 spiro atoms. The largest absolute Gasteiger partial charge is 0.361 e. The molecule has 5 nitrogen and oxygen atoms in total. The predicted molar refractivity (Wildman–Crippen MR) is 122 cm³/mol. The number of aromatic nitrogens is 2. The molecule has 0 unspecified atom stereocenters. The Morgan fingerprint density at radius 3 is 2.88 bits per heavy atom. The molecular formula is C19H26IN5S. The first kappa shape index (κ1) is 20.7. The van der Waals surface area contributed by atoms with Crippen LogP contribution in [0.4, 0.5) is 0 Å². The van der Waals surface area contributed by atoms with Crippen molar-refractivity contribution < 1.29 is 0 Å². The minimum Gasteiger partial charge on any atom is -0.361 e. The molecule has 0 aliphatic rings. The van der Waals surface area contributed by atoms with Crippen LogP contribution in [0.1, 0.15) is 27.9 Å². The summed E-state index contributed by atoms with van der Waals surface area (Å²) in [5.74, 6) is 0.810. The number of hydrogen-bond acceptors (Lipinski definition) is 3. The van der Waals surface area contributed by atoms with E-state index in [0.717, 1.165) is 30.4 Å². The monoisotopic (exact) mass is 483 g/mol. The van der Waals surface area contributed by atoms with E-state index >= 15 is 0 Å². The Labute approximate surface area is 175 Å². The zero-order valence-electron chi connectivity index (χ0n) is 15.4. The Balaban J connectivity index is 0.00000243. The Hall–Kier alpha value is -1.61. The number of guanidine groups is 1. The number of aliphatic imine (C=N–C) groups is 1. The quantitative estimate of drug-likeness (QED) is 0.282. The van der Waals surface area contributed by atoms with Gasteiger partial charge in [0.15, 0.2) is 5.96 Å². The first-order valence-electron chi connectivity index (χ1n) is 8.65. The van der Waals surface area contributed by atoms with Gasteiger partial charge < -0.3 is 15.6 Å². The van der Waals surface area contributed by atoms with E-state index in [2.05, 4.69) is 63.8 Å². The van der Waals surface area contributed by atoms with E-state index in [1.54, 1.807) is 18.4 Å². The lowest BCUT2D eigenvalue weighted by Gasteiger charge is -2.10. The van der Waals surface area contributed by atoms with Crippen molar-refractivity contribution in [3.8, 4) is 0 Å². The topological polar surface area (TPSA) is 65.1 Å². The van der Waals surface area contributed by atoms with E-state index in [-0.39, 0.29) is 24.0 Å². The van der Waals surface area contributed by atoms with Crippen LogP contribution < -0.4 is 10.6 Å². The molecule has 0 saturated carbocycles. The van der Waals surface area contributed by atoms with Gasteiger partial charge in [0.25, 0.3) is 0 Å². The lowest BCUT2D eigenvalue weighted by atomic mass is 10.1. The molecule has 3 N–H and O–H groups in total. The number of para-hydroxylation sites is 1. The van der Waals surface area contributed by atoms with E-state index < -0.39 is 0 Å². The number of halogens is 1. The number of benzene rings is 1. The van der Waals surface area contributed by atoms with Gasteiger partial charge in [-0.05, 0) is 30.9 Å². The number of aryl methyl sites for hydroxylation is 2. The van der Waals surface area contributed by atoms with Gasteiger partial charge in [0, 0.05) is 41.8 Å². The fourth-order valence-electron chi connectivity index (χ4n) is 2.86. The van der Waals surface area contributed by atoms with Crippen molar-refractivity contribution in [3.63, 3.8) is 0 Å². The summed E-state index contributed by atoms with van der Waals surface area (Å²) in [6.07, 6.45) is 6.05. The zero-order valence-corrected chi connectivity index (χ0v) is 18.6. The van der Waals surface area contributed by atoms with E-state index in [1.807, 2.05) is 6.20 Å². The summed E-state index contributed by atoms with van der Waals surface area (Å²) in [6, 6.07) is 6.42. The summed E-state index contributed by atoms with van der Waals surface area (Å²) in [4.78, 5) is 13.4. The number of thiazole rings is 1. The molecule has 0 amide bonds. The Morgan fingerprint density at radius 1 is 1.31 bits per heavy atom. The van der Waals surface area contributed by atoms with Gasteiger partial charge >= 0.3 is 0 Å². The van der Waals surface area contributed by atoms with Gasteiger partial charge in [0.1, 0.15) is 5.01 Å². The number of hydrogen-bond donors (Lipinski definition) is 3. The van der Waals surface area contributed by atoms with Gasteiger partial charge in [-0.3, -0.25) is 4.99 Å². The highest BCUT2D eigenvalue weighted by Crippen LogP contribution is 2.21. The molecule has 2 heterocycles. The van der Waals surface area contributed by atoms with Gasteiger partial charge in [-0.15, -0.1) is 35.3 Å². The van der Waals surface area contributed by atoms with Crippen LogP contribution in [-0.2, 0) is 19.4 Å². The van der Waals surface area contributed by atoms with Crippen LogP contribution in [0.2, 0.25) is 0 Å². The predicted octanol–water partition coefficient (Wildman–Crippen LogP) is 4.02. The van der Waals surface area contributed by atoms with Crippen LogP contribution in [0, 0.1) is 6.92 Å². The molecule has 7 heteroatoms. The standard InChI is InChI=1S/C19H25N5S.HI/c1-4-15-11-22-17(25-15)12-24-19(20-3)21-9-8-14-10-23-18-13(2)6-5-7-16(14)18;/h5-7,10-11,23H,4,8-9,12H2,1-3H3,(H2,20,21,24);1H. The summed E-state index contributed by atoms with van der Waals surface area (Å²) in [6.45, 7) is 5.82. The highest BCUT2D eigenvalue weighted by atomic mass is 127. The van der Waals surface area contributed by atoms with Crippen molar-refractivity contribution in [1.82, 2.24) is 20.6 Å². The first-order chi connectivity index (χ1) is 12.2. The van der Waals surface area contributed by atoms with E-state index in [9.17, 15) is 0 Å². The number of aromatic amines is 1. The minimum absolute atomic E-state index is 0. The molecule has 0 bridgehead atoms. The second-order valence-electron chi connectivity index (χ2n) is 5.99. The minimum atomic E-state index is 0. The van der Waals surface area contributed by atoms with E-state index in [4.69, 9.17) is 0 Å². The second-order valence-corrected chi connectivity index (χ2v) is 7.19. The maximum Gasteiger partial charge on any atom is 0.191 e. The number of nitrogens with zero attached hydrogens (tertiary/aromatic N) is 2. The van der Waals surface area contributed by atoms with E-state index in [1.165, 1.54) is 26.9 Å². The average molecular weight is 483 g/mol. The number of H-pyrrole nitrogens is 1. The second kappa shape index (κ2) is 9.91. The van der Waals surface area contributed by atoms with Gasteiger partial charge in [0.2, 0.25) is 0 Å². The van der Waals surface area contributed by atoms with Crippen molar-refractivity contribution in [1.29, 1.82) is 0 Å². The lowest BCUT2D eigenvalue weighted by Crippen LogP contribution is -2.37. The molecule has 140 valence electrons. The van der Waals surface area contributed by atoms with Crippen LogP contribution in [0.15, 0.2) is 35.6 Å². The van der Waals surface area contributed by atoms with Crippen molar-refractivity contribution in [2.24, 2.45) is 4.99 Å². The third-order valence-electron chi connectivity index (χ3n) is 4.28. The lowest BCUT2D eigenvalue weighted by molar-refractivity contribution is 0.793. The highest BCUT2D eigenvalue weighted by molar-refractivity contribution is 14.0. The van der Waals surface area contributed by atoms with Crippen molar-refractivity contribution >= 4 is 52.2 Å².